The highest BCUT2D eigenvalue weighted by Crippen LogP contribution is 2.16. The lowest BCUT2D eigenvalue weighted by Gasteiger charge is -2.10. The molecule has 4 N–H and O–H groups in total. The van der Waals surface area contributed by atoms with E-state index in [0.29, 0.717) is 5.56 Å². The fourth-order valence-corrected chi connectivity index (χ4v) is 1.19. The smallest absolute Gasteiger partial charge is 0.334 e. The van der Waals surface area contributed by atoms with Crippen molar-refractivity contribution in [3.05, 3.63) is 29.6 Å². The Labute approximate surface area is 102 Å². The Morgan fingerprint density at radius 3 is 2.72 bits per heavy atom. The molecule has 1 aromatic carbocycles. The second kappa shape index (κ2) is 5.97. The van der Waals surface area contributed by atoms with E-state index < -0.39 is 30.5 Å². The third kappa shape index (κ3) is 3.70. The van der Waals surface area contributed by atoms with Gasteiger partial charge in [0, 0.05) is 0 Å². The number of nitrogens with one attached hydrogen (secondary N) is 2. The summed E-state index contributed by atoms with van der Waals surface area (Å²) in [6.07, 6.45) is -1.70. The monoisotopic (exact) mass is 256 g/mol. The first kappa shape index (κ1) is 13.9. The molecule has 2 amide bonds. The maximum absolute atomic E-state index is 13.5. The van der Waals surface area contributed by atoms with Crippen LogP contribution in [0.1, 0.15) is 5.56 Å². The van der Waals surface area contributed by atoms with Crippen molar-refractivity contribution >= 4 is 17.7 Å². The van der Waals surface area contributed by atoms with E-state index in [1.54, 1.807) is 19.1 Å². The highest BCUT2D eigenvalue weighted by molar-refractivity contribution is 5.89. The first-order chi connectivity index (χ1) is 8.41. The average Bonchev–Trinajstić information content (AvgIpc) is 2.32. The van der Waals surface area contributed by atoms with Gasteiger partial charge in [0.05, 0.1) is 12.2 Å². The maximum Gasteiger partial charge on any atom is 0.334 e. The summed E-state index contributed by atoms with van der Waals surface area (Å²) in [7, 11) is 0. The Hall–Kier alpha value is -2.15. The highest BCUT2D eigenvalue weighted by Gasteiger charge is 2.14. The third-order valence-electron chi connectivity index (χ3n) is 2.18. The molecule has 0 spiro atoms. The van der Waals surface area contributed by atoms with Crippen LogP contribution in [0.2, 0.25) is 0 Å². The SMILES string of the molecule is Cc1cccc(NC(=O)NCC(O)C(=O)O)c1F. The molecule has 0 fully saturated rings. The standard InChI is InChI=1S/C11H13FN2O4/c1-6-3-2-4-7(9(6)12)14-11(18)13-5-8(15)10(16)17/h2-4,8,15H,5H2,1H3,(H,16,17)(H2,13,14,18). The highest BCUT2D eigenvalue weighted by atomic mass is 19.1. The van der Waals surface area contributed by atoms with Gasteiger partial charge in [-0.15, -0.1) is 0 Å². The molecule has 1 atom stereocenters. The molecular weight excluding hydrogens is 243 g/mol. The molecule has 98 valence electrons. The first-order valence-corrected chi connectivity index (χ1v) is 5.12. The van der Waals surface area contributed by atoms with Crippen molar-refractivity contribution in [2.45, 2.75) is 13.0 Å². The number of carboxylic acids is 1. The van der Waals surface area contributed by atoms with E-state index in [-0.39, 0.29) is 5.69 Å². The van der Waals surface area contributed by atoms with Crippen LogP contribution in [0.5, 0.6) is 0 Å². The number of aliphatic hydroxyl groups excluding tert-OH is 1. The first-order valence-electron chi connectivity index (χ1n) is 5.12. The summed E-state index contributed by atoms with van der Waals surface area (Å²) in [5.41, 5.74) is 0.357. The molecule has 18 heavy (non-hydrogen) atoms. The number of aliphatic carboxylic acids is 1. The Balaban J connectivity index is 2.55. The summed E-state index contributed by atoms with van der Waals surface area (Å²) in [5.74, 6) is -2.01. The molecule has 0 aliphatic rings. The van der Waals surface area contributed by atoms with Crippen molar-refractivity contribution in [1.82, 2.24) is 5.32 Å². The Kier molecular flexibility index (Phi) is 4.61. The molecule has 0 heterocycles. The van der Waals surface area contributed by atoms with Gasteiger partial charge in [-0.05, 0) is 18.6 Å². The molecule has 1 aromatic rings. The molecule has 0 radical (unpaired) electrons. The molecule has 1 unspecified atom stereocenters. The van der Waals surface area contributed by atoms with Gasteiger partial charge in [0.1, 0.15) is 5.82 Å². The van der Waals surface area contributed by atoms with Crippen LogP contribution in [0, 0.1) is 12.7 Å². The molecule has 0 aromatic heterocycles. The summed E-state index contributed by atoms with van der Waals surface area (Å²) < 4.78 is 13.5. The average molecular weight is 256 g/mol. The molecule has 0 saturated carbocycles. The van der Waals surface area contributed by atoms with Crippen LogP contribution in [0.25, 0.3) is 0 Å². The van der Waals surface area contributed by atoms with Crippen molar-refractivity contribution < 1.29 is 24.2 Å². The molecule has 6 nitrogen and oxygen atoms in total. The van der Waals surface area contributed by atoms with E-state index in [0.717, 1.165) is 0 Å². The van der Waals surface area contributed by atoms with E-state index in [1.807, 2.05) is 0 Å². The molecule has 7 heteroatoms. The lowest BCUT2D eigenvalue weighted by molar-refractivity contribution is -0.146. The molecule has 0 aliphatic carbocycles. The van der Waals surface area contributed by atoms with Crippen LogP contribution >= 0.6 is 0 Å². The lowest BCUT2D eigenvalue weighted by Crippen LogP contribution is -2.38. The molecule has 1 rings (SSSR count). The van der Waals surface area contributed by atoms with Gasteiger partial charge >= 0.3 is 12.0 Å². The fourth-order valence-electron chi connectivity index (χ4n) is 1.19. The zero-order valence-electron chi connectivity index (χ0n) is 9.61. The van der Waals surface area contributed by atoms with Gasteiger partial charge in [-0.1, -0.05) is 12.1 Å². The number of carboxylic acid groups (broad SMARTS) is 1. The number of amides is 2. The number of benzene rings is 1. The molecule has 0 saturated heterocycles. The number of carbonyl (C=O) groups excluding carboxylic acids is 1. The van der Waals surface area contributed by atoms with Crippen molar-refractivity contribution in [2.24, 2.45) is 0 Å². The van der Waals surface area contributed by atoms with E-state index in [1.165, 1.54) is 6.07 Å². The number of anilines is 1. The van der Waals surface area contributed by atoms with Gasteiger partial charge in [0.25, 0.3) is 0 Å². The third-order valence-corrected chi connectivity index (χ3v) is 2.18. The van der Waals surface area contributed by atoms with Crippen molar-refractivity contribution in [3.8, 4) is 0 Å². The van der Waals surface area contributed by atoms with E-state index in [9.17, 15) is 14.0 Å². The number of aryl methyl sites for hydroxylation is 1. The number of carbonyl (C=O) groups is 2. The van der Waals surface area contributed by atoms with Crippen LogP contribution in [-0.4, -0.2) is 34.9 Å². The lowest BCUT2D eigenvalue weighted by atomic mass is 10.2. The second-order valence-corrected chi connectivity index (χ2v) is 3.63. The van der Waals surface area contributed by atoms with Crippen LogP contribution < -0.4 is 10.6 Å². The van der Waals surface area contributed by atoms with Gasteiger partial charge < -0.3 is 20.8 Å². The van der Waals surface area contributed by atoms with Crippen molar-refractivity contribution in [3.63, 3.8) is 0 Å². The predicted octanol–water partition coefficient (Wildman–Crippen LogP) is 0.701. The summed E-state index contributed by atoms with van der Waals surface area (Å²) in [4.78, 5) is 21.6. The summed E-state index contributed by atoms with van der Waals surface area (Å²) in [6.45, 7) is 1.08. The van der Waals surface area contributed by atoms with Crippen molar-refractivity contribution in [1.29, 1.82) is 0 Å². The normalized spacial score (nSPS) is 11.7. The van der Waals surface area contributed by atoms with Gasteiger partial charge in [0.15, 0.2) is 6.10 Å². The van der Waals surface area contributed by atoms with Gasteiger partial charge in [0.2, 0.25) is 0 Å². The number of hydrogen-bond acceptors (Lipinski definition) is 3. The number of rotatable bonds is 4. The van der Waals surface area contributed by atoms with E-state index >= 15 is 0 Å². The molecular formula is C11H13FN2O4. The summed E-state index contributed by atoms with van der Waals surface area (Å²) in [6, 6.07) is 3.70. The van der Waals surface area contributed by atoms with Crippen LogP contribution in [0.15, 0.2) is 18.2 Å². The minimum Gasteiger partial charge on any atom is -0.479 e. The molecule has 0 aliphatic heterocycles. The number of urea groups is 1. The van der Waals surface area contributed by atoms with Crippen LogP contribution in [0.4, 0.5) is 14.9 Å². The zero-order valence-corrected chi connectivity index (χ0v) is 9.61. The van der Waals surface area contributed by atoms with Crippen LogP contribution in [0.3, 0.4) is 0 Å². The van der Waals surface area contributed by atoms with Crippen molar-refractivity contribution in [2.75, 3.05) is 11.9 Å². The minimum atomic E-state index is -1.70. The van der Waals surface area contributed by atoms with E-state index in [2.05, 4.69) is 10.6 Å². The quantitative estimate of drug-likeness (QED) is 0.637. The maximum atomic E-state index is 13.5. The zero-order chi connectivity index (χ0) is 13.7. The van der Waals surface area contributed by atoms with Gasteiger partial charge in [-0.2, -0.15) is 0 Å². The Morgan fingerprint density at radius 1 is 1.44 bits per heavy atom. The van der Waals surface area contributed by atoms with Crippen LogP contribution in [-0.2, 0) is 4.79 Å². The fraction of sp³-hybridized carbons (Fsp3) is 0.273. The van der Waals surface area contributed by atoms with Gasteiger partial charge in [-0.25, -0.2) is 14.0 Å². The summed E-state index contributed by atoms with van der Waals surface area (Å²) in [5, 5.41) is 21.6. The number of aliphatic hydroxyl groups is 1. The summed E-state index contributed by atoms with van der Waals surface area (Å²) >= 11 is 0. The largest absolute Gasteiger partial charge is 0.479 e. The number of halogens is 1. The van der Waals surface area contributed by atoms with E-state index in [4.69, 9.17) is 10.2 Å². The minimum absolute atomic E-state index is 0.0164. The number of hydrogen-bond donors (Lipinski definition) is 4. The predicted molar refractivity (Wildman–Crippen MR) is 61.8 cm³/mol. The van der Waals surface area contributed by atoms with Gasteiger partial charge in [-0.3, -0.25) is 0 Å². The second-order valence-electron chi connectivity index (χ2n) is 3.63. The topological polar surface area (TPSA) is 98.7 Å². The Bertz CT molecular complexity index is 464. The Morgan fingerprint density at radius 2 is 2.11 bits per heavy atom. The molecule has 0 bridgehead atoms.